The van der Waals surface area contributed by atoms with Gasteiger partial charge in [-0.2, -0.15) is 10.1 Å². The van der Waals surface area contributed by atoms with Gasteiger partial charge in [-0.1, -0.05) is 0 Å². The SMILES string of the molecule is CCn1ncc(-c2nc3c(OC4CC(C)N(C(=O)O)C4)ncnc3n2C)c1C. The van der Waals surface area contributed by atoms with E-state index in [-0.39, 0.29) is 12.1 Å². The summed E-state index contributed by atoms with van der Waals surface area (Å²) in [6.45, 7) is 7.02. The largest absolute Gasteiger partial charge is 0.471 e. The van der Waals surface area contributed by atoms with Crippen LogP contribution in [0.25, 0.3) is 22.6 Å². The van der Waals surface area contributed by atoms with E-state index in [1.807, 2.05) is 37.1 Å². The lowest BCUT2D eigenvalue weighted by atomic mass is 10.2. The Kier molecular flexibility index (Phi) is 4.40. The molecule has 1 aliphatic heterocycles. The molecule has 148 valence electrons. The minimum atomic E-state index is -0.935. The molecule has 3 aromatic heterocycles. The van der Waals surface area contributed by atoms with Crippen LogP contribution in [0.3, 0.4) is 0 Å². The van der Waals surface area contributed by atoms with Gasteiger partial charge in [0.25, 0.3) is 0 Å². The van der Waals surface area contributed by atoms with Crippen LogP contribution in [0.4, 0.5) is 4.79 Å². The van der Waals surface area contributed by atoms with Gasteiger partial charge in [0.2, 0.25) is 5.88 Å². The number of hydrogen-bond donors (Lipinski definition) is 1. The molecule has 4 heterocycles. The van der Waals surface area contributed by atoms with Crippen LogP contribution in [0, 0.1) is 6.92 Å². The van der Waals surface area contributed by atoms with Crippen molar-refractivity contribution in [1.29, 1.82) is 0 Å². The zero-order chi connectivity index (χ0) is 20.0. The first-order valence-corrected chi connectivity index (χ1v) is 9.27. The fourth-order valence-electron chi connectivity index (χ4n) is 3.78. The van der Waals surface area contributed by atoms with E-state index >= 15 is 0 Å². The molecule has 0 bridgehead atoms. The maximum absolute atomic E-state index is 11.3. The van der Waals surface area contributed by atoms with Crippen LogP contribution in [-0.4, -0.2) is 64.1 Å². The van der Waals surface area contributed by atoms with Gasteiger partial charge in [-0.05, 0) is 20.8 Å². The Hall–Kier alpha value is -3.17. The van der Waals surface area contributed by atoms with Crippen LogP contribution < -0.4 is 4.74 Å². The maximum Gasteiger partial charge on any atom is 0.407 e. The maximum atomic E-state index is 11.3. The molecule has 10 heteroatoms. The molecule has 0 spiro atoms. The number of carboxylic acid groups (broad SMARTS) is 1. The number of amides is 1. The second-order valence-corrected chi connectivity index (χ2v) is 7.06. The van der Waals surface area contributed by atoms with Gasteiger partial charge in [-0.15, -0.1) is 0 Å². The molecule has 28 heavy (non-hydrogen) atoms. The minimum absolute atomic E-state index is 0.0957. The number of nitrogens with zero attached hydrogens (tertiary/aromatic N) is 7. The first kappa shape index (κ1) is 18.2. The number of ether oxygens (including phenoxy) is 1. The second-order valence-electron chi connectivity index (χ2n) is 7.06. The molecule has 0 aromatic carbocycles. The lowest BCUT2D eigenvalue weighted by Crippen LogP contribution is -2.33. The summed E-state index contributed by atoms with van der Waals surface area (Å²) >= 11 is 0. The highest BCUT2D eigenvalue weighted by Gasteiger charge is 2.34. The third kappa shape index (κ3) is 2.85. The monoisotopic (exact) mass is 385 g/mol. The van der Waals surface area contributed by atoms with Gasteiger partial charge >= 0.3 is 6.09 Å². The average molecular weight is 385 g/mol. The lowest BCUT2D eigenvalue weighted by molar-refractivity contribution is 0.136. The topological polar surface area (TPSA) is 111 Å². The van der Waals surface area contributed by atoms with Crippen molar-refractivity contribution in [3.63, 3.8) is 0 Å². The Morgan fingerprint density at radius 1 is 1.39 bits per heavy atom. The first-order valence-electron chi connectivity index (χ1n) is 9.27. The van der Waals surface area contributed by atoms with E-state index in [9.17, 15) is 9.90 Å². The van der Waals surface area contributed by atoms with Gasteiger partial charge in [0, 0.05) is 31.7 Å². The molecule has 1 fully saturated rings. The highest BCUT2D eigenvalue weighted by atomic mass is 16.5. The molecule has 1 amide bonds. The van der Waals surface area contributed by atoms with Crippen LogP contribution in [-0.2, 0) is 13.6 Å². The van der Waals surface area contributed by atoms with E-state index in [1.165, 1.54) is 11.2 Å². The number of rotatable bonds is 4. The van der Waals surface area contributed by atoms with E-state index < -0.39 is 6.09 Å². The highest BCUT2D eigenvalue weighted by molar-refractivity contribution is 5.81. The Morgan fingerprint density at radius 2 is 2.18 bits per heavy atom. The van der Waals surface area contributed by atoms with E-state index in [0.29, 0.717) is 30.0 Å². The molecule has 10 nitrogen and oxygen atoms in total. The first-order chi connectivity index (χ1) is 13.4. The van der Waals surface area contributed by atoms with E-state index in [1.54, 1.807) is 6.20 Å². The van der Waals surface area contributed by atoms with Crippen molar-refractivity contribution >= 4 is 17.3 Å². The van der Waals surface area contributed by atoms with Crippen molar-refractivity contribution in [2.45, 2.75) is 45.9 Å². The van der Waals surface area contributed by atoms with Gasteiger partial charge in [0.15, 0.2) is 11.2 Å². The predicted octanol–water partition coefficient (Wildman–Crippen LogP) is 2.07. The summed E-state index contributed by atoms with van der Waals surface area (Å²) in [6.07, 6.45) is 2.66. The average Bonchev–Trinajstić information content (AvgIpc) is 3.31. The quantitative estimate of drug-likeness (QED) is 0.732. The molecule has 3 aromatic rings. The van der Waals surface area contributed by atoms with Crippen LogP contribution in [0.15, 0.2) is 12.5 Å². The molecular formula is C18H23N7O3. The van der Waals surface area contributed by atoms with E-state index in [2.05, 4.69) is 15.1 Å². The number of aromatic nitrogens is 6. The molecule has 1 N–H and O–H groups in total. The zero-order valence-electron chi connectivity index (χ0n) is 16.3. The Labute approximate surface area is 161 Å². The van der Waals surface area contributed by atoms with Crippen molar-refractivity contribution in [2.24, 2.45) is 7.05 Å². The summed E-state index contributed by atoms with van der Waals surface area (Å²) in [5.74, 6) is 1.11. The lowest BCUT2D eigenvalue weighted by Gasteiger charge is -2.16. The van der Waals surface area contributed by atoms with Crippen LogP contribution in [0.1, 0.15) is 26.0 Å². The summed E-state index contributed by atoms with van der Waals surface area (Å²) in [4.78, 5) is 26.0. The van der Waals surface area contributed by atoms with Crippen molar-refractivity contribution < 1.29 is 14.6 Å². The fourth-order valence-corrected chi connectivity index (χ4v) is 3.78. The third-order valence-corrected chi connectivity index (χ3v) is 5.33. The predicted molar refractivity (Wildman–Crippen MR) is 101 cm³/mol. The minimum Gasteiger partial charge on any atom is -0.471 e. The molecule has 2 atom stereocenters. The number of hydrogen-bond acceptors (Lipinski definition) is 6. The molecule has 0 aliphatic carbocycles. The number of likely N-dealkylation sites (tertiary alicyclic amines) is 1. The Balaban J connectivity index is 1.69. The molecule has 4 rings (SSSR count). The van der Waals surface area contributed by atoms with E-state index in [4.69, 9.17) is 9.72 Å². The summed E-state index contributed by atoms with van der Waals surface area (Å²) in [5, 5.41) is 13.7. The van der Waals surface area contributed by atoms with Crippen LogP contribution in [0.2, 0.25) is 0 Å². The van der Waals surface area contributed by atoms with Crippen molar-refractivity contribution in [2.75, 3.05) is 6.54 Å². The van der Waals surface area contributed by atoms with Crippen LogP contribution >= 0.6 is 0 Å². The normalized spacial score (nSPS) is 19.5. The number of aryl methyl sites for hydroxylation is 2. The zero-order valence-corrected chi connectivity index (χ0v) is 16.3. The summed E-state index contributed by atoms with van der Waals surface area (Å²) in [6, 6.07) is -0.0957. The Morgan fingerprint density at radius 3 is 2.82 bits per heavy atom. The summed E-state index contributed by atoms with van der Waals surface area (Å²) in [7, 11) is 1.90. The molecular weight excluding hydrogens is 362 g/mol. The molecule has 0 saturated carbocycles. The van der Waals surface area contributed by atoms with Gasteiger partial charge < -0.3 is 19.3 Å². The molecule has 0 radical (unpaired) electrons. The van der Waals surface area contributed by atoms with E-state index in [0.717, 1.165) is 23.6 Å². The van der Waals surface area contributed by atoms with Gasteiger partial charge in [-0.3, -0.25) is 4.68 Å². The number of fused-ring (bicyclic) bond motifs is 1. The number of carbonyl (C=O) groups is 1. The van der Waals surface area contributed by atoms with Crippen molar-refractivity contribution in [3.8, 4) is 17.3 Å². The molecule has 1 aliphatic rings. The Bertz CT molecular complexity index is 1040. The molecule has 1 saturated heterocycles. The highest BCUT2D eigenvalue weighted by Crippen LogP contribution is 2.30. The van der Waals surface area contributed by atoms with Crippen molar-refractivity contribution in [3.05, 3.63) is 18.2 Å². The fraction of sp³-hybridized carbons (Fsp3) is 0.500. The summed E-state index contributed by atoms with van der Waals surface area (Å²) < 4.78 is 9.86. The number of imidazole rings is 1. The second kappa shape index (κ2) is 6.77. The van der Waals surface area contributed by atoms with Gasteiger partial charge in [-0.25, -0.2) is 14.8 Å². The third-order valence-electron chi connectivity index (χ3n) is 5.33. The van der Waals surface area contributed by atoms with Gasteiger partial charge in [0.05, 0.1) is 18.3 Å². The smallest absolute Gasteiger partial charge is 0.407 e. The standard InChI is InChI=1S/C18H23N7O3/c1-5-25-11(3)13(7-21-25)15-22-14-16(23(15)4)19-9-20-17(14)28-12-6-10(2)24(8-12)18(26)27/h7,9-10,12H,5-6,8H2,1-4H3,(H,26,27). The van der Waals surface area contributed by atoms with Crippen molar-refractivity contribution in [1.82, 2.24) is 34.2 Å². The summed E-state index contributed by atoms with van der Waals surface area (Å²) in [5.41, 5.74) is 3.17. The van der Waals surface area contributed by atoms with Gasteiger partial charge in [0.1, 0.15) is 18.3 Å². The van der Waals surface area contributed by atoms with Crippen LogP contribution in [0.5, 0.6) is 5.88 Å². The molecule has 2 unspecified atom stereocenters.